The summed E-state index contributed by atoms with van der Waals surface area (Å²) in [6.07, 6.45) is 1.52. The predicted molar refractivity (Wildman–Crippen MR) is 50.5 cm³/mol. The first kappa shape index (κ1) is 11.2. The molecule has 6 nitrogen and oxygen atoms in total. The zero-order chi connectivity index (χ0) is 11.4. The van der Waals surface area contributed by atoms with Crippen molar-refractivity contribution in [3.63, 3.8) is 0 Å². The van der Waals surface area contributed by atoms with Gasteiger partial charge in [0, 0.05) is 6.20 Å². The van der Waals surface area contributed by atoms with Crippen molar-refractivity contribution in [3.05, 3.63) is 18.0 Å². The van der Waals surface area contributed by atoms with E-state index < -0.39 is 11.9 Å². The fraction of sp³-hybridized carbons (Fsp3) is 0.444. The van der Waals surface area contributed by atoms with Crippen molar-refractivity contribution < 1.29 is 19.4 Å². The fourth-order valence-electron chi connectivity index (χ4n) is 1.14. The molecule has 1 atom stereocenters. The Labute approximate surface area is 86.5 Å². The number of aromatic nitrogens is 2. The summed E-state index contributed by atoms with van der Waals surface area (Å²) in [6, 6.07) is 1.20. The van der Waals surface area contributed by atoms with Gasteiger partial charge in [0.1, 0.15) is 0 Å². The minimum atomic E-state index is -0.905. The molecular formula is C9H12N2O4. The van der Waals surface area contributed by atoms with Crippen molar-refractivity contribution >= 4 is 11.9 Å². The number of rotatable bonds is 4. The number of carboxylic acids is 1. The minimum Gasteiger partial charge on any atom is -0.481 e. The first-order valence-corrected chi connectivity index (χ1v) is 4.40. The number of carbonyl (C=O) groups is 2. The van der Waals surface area contributed by atoms with E-state index in [1.807, 2.05) is 0 Å². The fourth-order valence-corrected chi connectivity index (χ4v) is 1.14. The maximum absolute atomic E-state index is 11.1. The molecule has 1 N–H and O–H groups in total. The van der Waals surface area contributed by atoms with Crippen LogP contribution in [0.15, 0.2) is 12.3 Å². The lowest BCUT2D eigenvalue weighted by atomic mass is 10.2. The third kappa shape index (κ3) is 2.80. The molecule has 6 heteroatoms. The van der Waals surface area contributed by atoms with Crippen molar-refractivity contribution in [2.24, 2.45) is 0 Å². The quantitative estimate of drug-likeness (QED) is 0.743. The first-order chi connectivity index (χ1) is 7.04. The zero-order valence-corrected chi connectivity index (χ0v) is 8.51. The highest BCUT2D eigenvalue weighted by molar-refractivity contribution is 5.86. The number of ether oxygens (including phenoxy) is 1. The molecule has 1 aromatic rings. The number of hydrogen-bond acceptors (Lipinski definition) is 4. The number of esters is 1. The van der Waals surface area contributed by atoms with E-state index in [0.29, 0.717) is 0 Å². The Morgan fingerprint density at radius 3 is 2.87 bits per heavy atom. The standard InChI is InChI=1S/C9H12N2O4/c1-6(5-8(12)13)11-4-3-7(10-11)9(14)15-2/h3-4,6H,5H2,1-2H3,(H,12,13)/t6-/m1/s1. The molecule has 0 unspecified atom stereocenters. The number of carbonyl (C=O) groups excluding carboxylic acids is 1. The van der Waals surface area contributed by atoms with Crippen LogP contribution in [0.25, 0.3) is 0 Å². The molecule has 0 aromatic carbocycles. The van der Waals surface area contributed by atoms with E-state index >= 15 is 0 Å². The van der Waals surface area contributed by atoms with Crippen LogP contribution < -0.4 is 0 Å². The number of aliphatic carboxylic acids is 1. The number of carboxylic acid groups (broad SMARTS) is 1. The lowest BCUT2D eigenvalue weighted by molar-refractivity contribution is -0.137. The van der Waals surface area contributed by atoms with Crippen LogP contribution in [0.4, 0.5) is 0 Å². The Morgan fingerprint density at radius 2 is 2.33 bits per heavy atom. The van der Waals surface area contributed by atoms with Gasteiger partial charge in [0.05, 0.1) is 19.6 Å². The van der Waals surface area contributed by atoms with E-state index in [9.17, 15) is 9.59 Å². The topological polar surface area (TPSA) is 81.4 Å². The zero-order valence-electron chi connectivity index (χ0n) is 8.51. The van der Waals surface area contributed by atoms with Crippen LogP contribution in [0, 0.1) is 0 Å². The van der Waals surface area contributed by atoms with Gasteiger partial charge < -0.3 is 9.84 Å². The Morgan fingerprint density at radius 1 is 1.67 bits per heavy atom. The average molecular weight is 212 g/mol. The molecule has 0 bridgehead atoms. The maximum atomic E-state index is 11.1. The molecule has 0 radical (unpaired) electrons. The average Bonchev–Trinajstić information content (AvgIpc) is 2.64. The van der Waals surface area contributed by atoms with Gasteiger partial charge in [0.15, 0.2) is 5.69 Å². The molecule has 0 saturated heterocycles. The smallest absolute Gasteiger partial charge is 0.358 e. The van der Waals surface area contributed by atoms with Crippen LogP contribution >= 0.6 is 0 Å². The molecule has 0 aliphatic heterocycles. The van der Waals surface area contributed by atoms with Crippen molar-refractivity contribution in [1.82, 2.24) is 9.78 Å². The Kier molecular flexibility index (Phi) is 3.43. The molecular weight excluding hydrogens is 200 g/mol. The monoisotopic (exact) mass is 212 g/mol. The van der Waals surface area contributed by atoms with E-state index in [-0.39, 0.29) is 18.2 Å². The minimum absolute atomic E-state index is 0.0394. The molecule has 0 amide bonds. The predicted octanol–water partition coefficient (Wildman–Crippen LogP) is 0.705. The normalized spacial score (nSPS) is 12.1. The Hall–Kier alpha value is -1.85. The summed E-state index contributed by atoms with van der Waals surface area (Å²) in [5.41, 5.74) is 0.176. The third-order valence-corrected chi connectivity index (χ3v) is 1.92. The Balaban J connectivity index is 2.75. The van der Waals surface area contributed by atoms with Crippen LogP contribution in [0.5, 0.6) is 0 Å². The summed E-state index contributed by atoms with van der Waals surface area (Å²) in [5.74, 6) is -1.44. The second-order valence-corrected chi connectivity index (χ2v) is 3.12. The van der Waals surface area contributed by atoms with Crippen molar-refractivity contribution in [1.29, 1.82) is 0 Å². The van der Waals surface area contributed by atoms with Crippen molar-refractivity contribution in [2.75, 3.05) is 7.11 Å². The molecule has 82 valence electrons. The van der Waals surface area contributed by atoms with Gasteiger partial charge in [-0.25, -0.2) is 4.79 Å². The summed E-state index contributed by atoms with van der Waals surface area (Å²) in [4.78, 5) is 21.5. The molecule has 1 heterocycles. The second kappa shape index (κ2) is 4.59. The largest absolute Gasteiger partial charge is 0.481 e. The number of nitrogens with zero attached hydrogens (tertiary/aromatic N) is 2. The van der Waals surface area contributed by atoms with E-state index in [2.05, 4.69) is 9.84 Å². The summed E-state index contributed by atoms with van der Waals surface area (Å²) in [5, 5.41) is 12.5. The van der Waals surface area contributed by atoms with Gasteiger partial charge in [-0.2, -0.15) is 5.10 Å². The Bertz CT molecular complexity index is 372. The maximum Gasteiger partial charge on any atom is 0.358 e. The summed E-state index contributed by atoms with van der Waals surface area (Å²) < 4.78 is 5.91. The lowest BCUT2D eigenvalue weighted by Crippen LogP contribution is -2.12. The molecule has 0 aliphatic carbocycles. The lowest BCUT2D eigenvalue weighted by Gasteiger charge is -2.08. The van der Waals surface area contributed by atoms with E-state index in [1.54, 1.807) is 13.1 Å². The van der Waals surface area contributed by atoms with Crippen LogP contribution in [-0.2, 0) is 9.53 Å². The van der Waals surface area contributed by atoms with Gasteiger partial charge in [-0.1, -0.05) is 0 Å². The molecule has 0 saturated carbocycles. The van der Waals surface area contributed by atoms with Crippen LogP contribution in [0.1, 0.15) is 29.9 Å². The number of hydrogen-bond donors (Lipinski definition) is 1. The molecule has 0 spiro atoms. The molecule has 15 heavy (non-hydrogen) atoms. The van der Waals surface area contributed by atoms with Crippen molar-refractivity contribution in [3.8, 4) is 0 Å². The molecule has 1 rings (SSSR count). The summed E-state index contributed by atoms with van der Waals surface area (Å²) in [7, 11) is 1.27. The summed E-state index contributed by atoms with van der Waals surface area (Å²) in [6.45, 7) is 1.71. The SMILES string of the molecule is COC(=O)c1ccn([C@H](C)CC(=O)O)n1. The van der Waals surface area contributed by atoms with E-state index in [1.165, 1.54) is 17.9 Å². The summed E-state index contributed by atoms with van der Waals surface area (Å²) >= 11 is 0. The van der Waals surface area contributed by atoms with Gasteiger partial charge in [0.25, 0.3) is 0 Å². The highest BCUT2D eigenvalue weighted by Gasteiger charge is 2.14. The molecule has 0 aliphatic rings. The highest BCUT2D eigenvalue weighted by Crippen LogP contribution is 2.10. The number of methoxy groups -OCH3 is 1. The van der Waals surface area contributed by atoms with Crippen LogP contribution in [0.3, 0.4) is 0 Å². The van der Waals surface area contributed by atoms with Gasteiger partial charge in [-0.05, 0) is 13.0 Å². The van der Waals surface area contributed by atoms with Crippen molar-refractivity contribution in [2.45, 2.75) is 19.4 Å². The molecule has 1 aromatic heterocycles. The molecule has 0 fully saturated rings. The highest BCUT2D eigenvalue weighted by atomic mass is 16.5. The first-order valence-electron chi connectivity index (χ1n) is 4.40. The third-order valence-electron chi connectivity index (χ3n) is 1.92. The van der Waals surface area contributed by atoms with E-state index in [4.69, 9.17) is 5.11 Å². The van der Waals surface area contributed by atoms with Gasteiger partial charge in [0.2, 0.25) is 0 Å². The van der Waals surface area contributed by atoms with Gasteiger partial charge in [-0.3, -0.25) is 9.48 Å². The van der Waals surface area contributed by atoms with E-state index in [0.717, 1.165) is 0 Å². The van der Waals surface area contributed by atoms with Crippen LogP contribution in [-0.4, -0.2) is 33.9 Å². The van der Waals surface area contributed by atoms with Crippen LogP contribution in [0.2, 0.25) is 0 Å². The van der Waals surface area contributed by atoms with Gasteiger partial charge >= 0.3 is 11.9 Å². The second-order valence-electron chi connectivity index (χ2n) is 3.12. The van der Waals surface area contributed by atoms with Gasteiger partial charge in [-0.15, -0.1) is 0 Å².